The molecule has 1 rings (SSSR count). The molecule has 84 valence electrons. The first-order valence-electron chi connectivity index (χ1n) is 4.92. The molecule has 1 aromatic rings. The molecule has 1 aromatic carbocycles. The summed E-state index contributed by atoms with van der Waals surface area (Å²) < 4.78 is 10.1. The molecular weight excluding hydrogens is 194 g/mol. The van der Waals surface area contributed by atoms with E-state index in [9.17, 15) is 5.11 Å². The molecule has 15 heavy (non-hydrogen) atoms. The van der Waals surface area contributed by atoms with Gasteiger partial charge in [0.05, 0.1) is 19.9 Å². The zero-order valence-electron chi connectivity index (χ0n) is 9.33. The van der Waals surface area contributed by atoms with Crippen LogP contribution in [0.4, 0.5) is 5.69 Å². The molecule has 0 atom stereocenters. The lowest BCUT2D eigenvalue weighted by atomic mass is 10.2. The topological polar surface area (TPSA) is 50.7 Å². The molecular formula is C11H17NO3. The van der Waals surface area contributed by atoms with E-state index in [4.69, 9.17) is 9.47 Å². The van der Waals surface area contributed by atoms with E-state index >= 15 is 0 Å². The third kappa shape index (κ3) is 2.46. The summed E-state index contributed by atoms with van der Waals surface area (Å²) in [5.41, 5.74) is 0.776. The average molecular weight is 211 g/mol. The number of nitrogens with one attached hydrogen (secondary N) is 1. The van der Waals surface area contributed by atoms with Crippen molar-refractivity contribution in [3.8, 4) is 17.2 Å². The van der Waals surface area contributed by atoms with E-state index in [0.717, 1.165) is 18.7 Å². The molecule has 0 fully saturated rings. The van der Waals surface area contributed by atoms with Crippen molar-refractivity contribution in [2.75, 3.05) is 26.1 Å². The lowest BCUT2D eigenvalue weighted by Gasteiger charge is -2.13. The Morgan fingerprint density at radius 3 is 2.53 bits per heavy atom. The van der Waals surface area contributed by atoms with Gasteiger partial charge in [0.2, 0.25) is 5.75 Å². The summed E-state index contributed by atoms with van der Waals surface area (Å²) in [4.78, 5) is 0. The maximum Gasteiger partial charge on any atom is 0.202 e. The van der Waals surface area contributed by atoms with Crippen LogP contribution in [0.25, 0.3) is 0 Å². The fourth-order valence-electron chi connectivity index (χ4n) is 1.32. The first-order valence-corrected chi connectivity index (χ1v) is 4.92. The molecule has 0 unspecified atom stereocenters. The van der Waals surface area contributed by atoms with Crippen molar-refractivity contribution in [3.05, 3.63) is 12.1 Å². The quantitative estimate of drug-likeness (QED) is 0.784. The van der Waals surface area contributed by atoms with Gasteiger partial charge in [0.1, 0.15) is 0 Å². The molecule has 4 nitrogen and oxygen atoms in total. The minimum Gasteiger partial charge on any atom is -0.502 e. The fraction of sp³-hybridized carbons (Fsp3) is 0.455. The van der Waals surface area contributed by atoms with Crippen LogP contribution in [0.1, 0.15) is 13.3 Å². The van der Waals surface area contributed by atoms with E-state index in [-0.39, 0.29) is 5.75 Å². The summed E-state index contributed by atoms with van der Waals surface area (Å²) in [6.07, 6.45) is 1.01. The van der Waals surface area contributed by atoms with Crippen LogP contribution in [0.2, 0.25) is 0 Å². The van der Waals surface area contributed by atoms with Gasteiger partial charge in [0.15, 0.2) is 11.5 Å². The number of hydrogen-bond acceptors (Lipinski definition) is 4. The first-order chi connectivity index (χ1) is 7.24. The van der Waals surface area contributed by atoms with Gasteiger partial charge in [-0.2, -0.15) is 0 Å². The molecule has 0 aliphatic heterocycles. The number of hydrogen-bond donors (Lipinski definition) is 2. The molecule has 0 aromatic heterocycles. The normalized spacial score (nSPS) is 9.80. The lowest BCUT2D eigenvalue weighted by Crippen LogP contribution is -2.02. The Bertz CT molecular complexity index is 326. The van der Waals surface area contributed by atoms with E-state index < -0.39 is 0 Å². The summed E-state index contributed by atoms with van der Waals surface area (Å²) in [5.74, 6) is 0.859. The highest BCUT2D eigenvalue weighted by atomic mass is 16.5. The number of rotatable bonds is 5. The largest absolute Gasteiger partial charge is 0.502 e. The van der Waals surface area contributed by atoms with Crippen molar-refractivity contribution < 1.29 is 14.6 Å². The smallest absolute Gasteiger partial charge is 0.202 e. The molecule has 0 saturated carbocycles. The van der Waals surface area contributed by atoms with Crippen LogP contribution in [0, 0.1) is 0 Å². The van der Waals surface area contributed by atoms with E-state index in [0.29, 0.717) is 11.5 Å². The predicted molar refractivity (Wildman–Crippen MR) is 60.0 cm³/mol. The van der Waals surface area contributed by atoms with Crippen LogP contribution < -0.4 is 14.8 Å². The summed E-state index contributed by atoms with van der Waals surface area (Å²) in [6, 6.07) is 3.53. The van der Waals surface area contributed by atoms with E-state index in [1.54, 1.807) is 6.07 Å². The van der Waals surface area contributed by atoms with Gasteiger partial charge in [-0.05, 0) is 18.6 Å². The predicted octanol–water partition coefficient (Wildman–Crippen LogP) is 2.23. The minimum absolute atomic E-state index is 0.0288. The molecule has 0 aliphatic rings. The maximum atomic E-state index is 9.78. The molecule has 0 amide bonds. The van der Waals surface area contributed by atoms with E-state index in [1.807, 2.05) is 6.07 Å². The molecule has 0 saturated heterocycles. The number of methoxy groups -OCH3 is 2. The first kappa shape index (κ1) is 11.5. The van der Waals surface area contributed by atoms with Crippen LogP contribution >= 0.6 is 0 Å². The molecule has 0 bridgehead atoms. The van der Waals surface area contributed by atoms with Crippen molar-refractivity contribution in [3.63, 3.8) is 0 Å². The number of aromatic hydroxyl groups is 1. The average Bonchev–Trinajstić information content (AvgIpc) is 2.26. The number of phenols is 1. The number of anilines is 1. The van der Waals surface area contributed by atoms with Crippen molar-refractivity contribution in [1.29, 1.82) is 0 Å². The van der Waals surface area contributed by atoms with Gasteiger partial charge in [-0.3, -0.25) is 0 Å². The summed E-state index contributed by atoms with van der Waals surface area (Å²) in [6.45, 7) is 2.91. The molecule has 4 heteroatoms. The SMILES string of the molecule is CCCNc1ccc(OC)c(O)c1OC. The van der Waals surface area contributed by atoms with Gasteiger partial charge in [0.25, 0.3) is 0 Å². The van der Waals surface area contributed by atoms with Crippen molar-refractivity contribution in [2.45, 2.75) is 13.3 Å². The third-order valence-corrected chi connectivity index (χ3v) is 2.08. The number of phenolic OH excluding ortho intramolecular Hbond substituents is 1. The van der Waals surface area contributed by atoms with Crippen molar-refractivity contribution in [1.82, 2.24) is 0 Å². The second-order valence-electron chi connectivity index (χ2n) is 3.12. The molecule has 0 radical (unpaired) electrons. The van der Waals surface area contributed by atoms with Crippen LogP contribution in [0.5, 0.6) is 17.2 Å². The van der Waals surface area contributed by atoms with Gasteiger partial charge in [-0.1, -0.05) is 6.92 Å². The second-order valence-corrected chi connectivity index (χ2v) is 3.12. The number of ether oxygens (including phenoxy) is 2. The molecule has 0 spiro atoms. The van der Waals surface area contributed by atoms with Gasteiger partial charge >= 0.3 is 0 Å². The van der Waals surface area contributed by atoms with Crippen LogP contribution in [-0.2, 0) is 0 Å². The Kier molecular flexibility index (Phi) is 4.09. The van der Waals surface area contributed by atoms with E-state index in [2.05, 4.69) is 12.2 Å². The zero-order chi connectivity index (χ0) is 11.3. The maximum absolute atomic E-state index is 9.78. The van der Waals surface area contributed by atoms with Gasteiger partial charge in [-0.25, -0.2) is 0 Å². The van der Waals surface area contributed by atoms with Gasteiger partial charge in [0, 0.05) is 6.54 Å². The van der Waals surface area contributed by atoms with Gasteiger partial charge in [-0.15, -0.1) is 0 Å². The van der Waals surface area contributed by atoms with Crippen LogP contribution in [-0.4, -0.2) is 25.9 Å². The van der Waals surface area contributed by atoms with Crippen LogP contribution in [0.3, 0.4) is 0 Å². The van der Waals surface area contributed by atoms with Crippen molar-refractivity contribution >= 4 is 5.69 Å². The third-order valence-electron chi connectivity index (χ3n) is 2.08. The molecule has 2 N–H and O–H groups in total. The second kappa shape index (κ2) is 5.34. The Labute approximate surface area is 89.8 Å². The zero-order valence-corrected chi connectivity index (χ0v) is 9.33. The van der Waals surface area contributed by atoms with Gasteiger partial charge < -0.3 is 19.9 Å². The Hall–Kier alpha value is -1.58. The standard InChI is InChI=1S/C11H17NO3/c1-4-7-12-8-5-6-9(14-2)10(13)11(8)15-3/h5-6,12-13H,4,7H2,1-3H3. The highest BCUT2D eigenvalue weighted by molar-refractivity contribution is 5.67. The lowest BCUT2D eigenvalue weighted by molar-refractivity contribution is 0.341. The number of benzene rings is 1. The van der Waals surface area contributed by atoms with Crippen LogP contribution in [0.15, 0.2) is 12.1 Å². The highest BCUT2D eigenvalue weighted by Crippen LogP contribution is 2.41. The Morgan fingerprint density at radius 1 is 1.27 bits per heavy atom. The van der Waals surface area contributed by atoms with E-state index in [1.165, 1.54) is 14.2 Å². The summed E-state index contributed by atoms with van der Waals surface area (Å²) >= 11 is 0. The monoisotopic (exact) mass is 211 g/mol. The summed E-state index contributed by atoms with van der Waals surface area (Å²) in [7, 11) is 3.03. The molecule has 0 aliphatic carbocycles. The highest BCUT2D eigenvalue weighted by Gasteiger charge is 2.13. The Morgan fingerprint density at radius 2 is 2.00 bits per heavy atom. The summed E-state index contributed by atoms with van der Waals surface area (Å²) in [5, 5.41) is 12.9. The minimum atomic E-state index is 0.0288. The Balaban J connectivity index is 3.01. The van der Waals surface area contributed by atoms with Crippen molar-refractivity contribution in [2.24, 2.45) is 0 Å². The molecule has 0 heterocycles. The fourth-order valence-corrected chi connectivity index (χ4v) is 1.32.